The standard InChI is InChI=1S/C5H7Cl3/c6-3-1-5(8)2-4-7/h1H,2-4H2. The van der Waals surface area contributed by atoms with Crippen LogP contribution in [0, 0.1) is 0 Å². The van der Waals surface area contributed by atoms with Crippen LogP contribution in [0.4, 0.5) is 0 Å². The number of alkyl halides is 2. The van der Waals surface area contributed by atoms with E-state index in [-0.39, 0.29) is 0 Å². The van der Waals surface area contributed by atoms with E-state index < -0.39 is 0 Å². The third-order valence-electron chi connectivity index (χ3n) is 0.632. The Balaban J connectivity index is 3.29. The second kappa shape index (κ2) is 5.74. The highest BCUT2D eigenvalue weighted by molar-refractivity contribution is 6.31. The van der Waals surface area contributed by atoms with Gasteiger partial charge in [-0.15, -0.1) is 23.2 Å². The minimum absolute atomic E-state index is 0.468. The summed E-state index contributed by atoms with van der Waals surface area (Å²) < 4.78 is 0. The predicted octanol–water partition coefficient (Wildman–Crippen LogP) is 2.98. The molecule has 0 aliphatic heterocycles. The molecule has 0 heterocycles. The Bertz CT molecular complexity index is 77.7. The van der Waals surface area contributed by atoms with E-state index in [9.17, 15) is 0 Å². The molecule has 0 atom stereocenters. The molecule has 0 saturated carbocycles. The lowest BCUT2D eigenvalue weighted by molar-refractivity contribution is 1.20. The van der Waals surface area contributed by atoms with E-state index in [2.05, 4.69) is 0 Å². The molecule has 3 heteroatoms. The molecule has 0 N–H and O–H groups in total. The molecule has 0 bridgehead atoms. The summed E-state index contributed by atoms with van der Waals surface area (Å²) in [5.74, 6) is 1.03. The topological polar surface area (TPSA) is 0 Å². The van der Waals surface area contributed by atoms with E-state index in [4.69, 9.17) is 34.8 Å². The zero-order valence-electron chi connectivity index (χ0n) is 4.33. The molecule has 0 unspecified atom stereocenters. The first-order chi connectivity index (χ1) is 3.81. The fourth-order valence-corrected chi connectivity index (χ4v) is 1.01. The summed E-state index contributed by atoms with van der Waals surface area (Å²) >= 11 is 16.3. The molecular weight excluding hydrogens is 166 g/mol. The van der Waals surface area contributed by atoms with Crippen LogP contribution in [0.25, 0.3) is 0 Å². The van der Waals surface area contributed by atoms with Crippen molar-refractivity contribution >= 4 is 34.8 Å². The van der Waals surface area contributed by atoms with Crippen molar-refractivity contribution < 1.29 is 0 Å². The molecular formula is C5H7Cl3. The highest BCUT2D eigenvalue weighted by Crippen LogP contribution is 2.07. The van der Waals surface area contributed by atoms with Crippen LogP contribution in [0.5, 0.6) is 0 Å². The molecule has 0 saturated heterocycles. The van der Waals surface area contributed by atoms with Gasteiger partial charge in [0.25, 0.3) is 0 Å². The van der Waals surface area contributed by atoms with Crippen molar-refractivity contribution in [2.45, 2.75) is 6.42 Å². The molecule has 0 radical (unpaired) electrons. The molecule has 0 fully saturated rings. The Morgan fingerprint density at radius 2 is 2.00 bits per heavy atom. The summed E-state index contributed by atoms with van der Waals surface area (Å²) in [4.78, 5) is 0. The molecule has 0 aliphatic rings. The van der Waals surface area contributed by atoms with Crippen LogP contribution in [0.1, 0.15) is 6.42 Å². The minimum atomic E-state index is 0.468. The lowest BCUT2D eigenvalue weighted by Gasteiger charge is -1.88. The van der Waals surface area contributed by atoms with Gasteiger partial charge < -0.3 is 0 Å². The van der Waals surface area contributed by atoms with Crippen molar-refractivity contribution in [3.8, 4) is 0 Å². The Morgan fingerprint density at radius 3 is 2.38 bits per heavy atom. The van der Waals surface area contributed by atoms with Crippen molar-refractivity contribution in [3.05, 3.63) is 11.1 Å². The lowest BCUT2D eigenvalue weighted by Crippen LogP contribution is -1.74. The van der Waals surface area contributed by atoms with Crippen LogP contribution in [-0.2, 0) is 0 Å². The van der Waals surface area contributed by atoms with E-state index in [1.165, 1.54) is 0 Å². The van der Waals surface area contributed by atoms with E-state index in [1.807, 2.05) is 0 Å². The molecule has 0 aromatic rings. The van der Waals surface area contributed by atoms with E-state index >= 15 is 0 Å². The van der Waals surface area contributed by atoms with Crippen LogP contribution >= 0.6 is 34.8 Å². The van der Waals surface area contributed by atoms with E-state index in [1.54, 1.807) is 6.08 Å². The highest BCUT2D eigenvalue weighted by atomic mass is 35.5. The van der Waals surface area contributed by atoms with Crippen LogP contribution in [-0.4, -0.2) is 11.8 Å². The first-order valence-corrected chi connectivity index (χ1v) is 3.72. The number of hydrogen-bond acceptors (Lipinski definition) is 0. The van der Waals surface area contributed by atoms with Crippen LogP contribution < -0.4 is 0 Å². The number of hydrogen-bond donors (Lipinski definition) is 0. The molecule has 8 heavy (non-hydrogen) atoms. The van der Waals surface area contributed by atoms with Gasteiger partial charge in [-0.25, -0.2) is 0 Å². The zero-order chi connectivity index (χ0) is 6.41. The molecule has 48 valence electrons. The van der Waals surface area contributed by atoms with Gasteiger partial charge in [-0.1, -0.05) is 17.7 Å². The van der Waals surface area contributed by atoms with Crippen LogP contribution in [0.2, 0.25) is 0 Å². The summed E-state index contributed by atoms with van der Waals surface area (Å²) in [6.45, 7) is 0. The van der Waals surface area contributed by atoms with Crippen molar-refractivity contribution in [1.29, 1.82) is 0 Å². The van der Waals surface area contributed by atoms with Gasteiger partial charge >= 0.3 is 0 Å². The first-order valence-electron chi connectivity index (χ1n) is 2.27. The molecule has 0 rings (SSSR count). The zero-order valence-corrected chi connectivity index (χ0v) is 6.60. The second-order valence-corrected chi connectivity index (χ2v) is 2.42. The fraction of sp³-hybridized carbons (Fsp3) is 0.600. The summed E-state index contributed by atoms with van der Waals surface area (Å²) in [6, 6.07) is 0. The maximum absolute atomic E-state index is 5.57. The Morgan fingerprint density at radius 1 is 1.38 bits per heavy atom. The molecule has 0 nitrogen and oxygen atoms in total. The van der Waals surface area contributed by atoms with E-state index in [0.717, 1.165) is 11.5 Å². The molecule has 0 spiro atoms. The van der Waals surface area contributed by atoms with Gasteiger partial charge in [0.1, 0.15) is 0 Å². The van der Waals surface area contributed by atoms with Crippen LogP contribution in [0.3, 0.4) is 0 Å². The predicted molar refractivity (Wildman–Crippen MR) is 40.0 cm³/mol. The quantitative estimate of drug-likeness (QED) is 0.576. The number of rotatable bonds is 3. The minimum Gasteiger partial charge on any atom is -0.126 e. The van der Waals surface area contributed by atoms with Gasteiger partial charge in [0.2, 0.25) is 0 Å². The molecule has 0 aromatic carbocycles. The van der Waals surface area contributed by atoms with Crippen molar-refractivity contribution in [2.24, 2.45) is 0 Å². The van der Waals surface area contributed by atoms with Gasteiger partial charge in [-0.05, 0) is 6.42 Å². The summed E-state index contributed by atoms with van der Waals surface area (Å²) in [6.07, 6.45) is 2.46. The molecule has 0 amide bonds. The third-order valence-corrected chi connectivity index (χ3v) is 1.32. The normalized spacial score (nSPS) is 12.1. The van der Waals surface area contributed by atoms with Gasteiger partial charge in [-0.2, -0.15) is 0 Å². The molecule has 0 aliphatic carbocycles. The Kier molecular flexibility index (Phi) is 6.18. The largest absolute Gasteiger partial charge is 0.126 e. The van der Waals surface area contributed by atoms with Crippen molar-refractivity contribution in [1.82, 2.24) is 0 Å². The Labute approximate surface area is 64.4 Å². The second-order valence-electron chi connectivity index (χ2n) is 1.24. The van der Waals surface area contributed by atoms with E-state index in [0.29, 0.717) is 11.8 Å². The number of allylic oxidation sites excluding steroid dienone is 2. The maximum Gasteiger partial charge on any atom is 0.0418 e. The summed E-state index contributed by atoms with van der Waals surface area (Å²) in [7, 11) is 0. The lowest BCUT2D eigenvalue weighted by atomic mass is 10.4. The van der Waals surface area contributed by atoms with Crippen molar-refractivity contribution in [3.63, 3.8) is 0 Å². The van der Waals surface area contributed by atoms with Crippen LogP contribution in [0.15, 0.2) is 11.1 Å². The summed E-state index contributed by atoms with van der Waals surface area (Å²) in [5.41, 5.74) is 0. The smallest absolute Gasteiger partial charge is 0.0418 e. The van der Waals surface area contributed by atoms with Crippen molar-refractivity contribution in [2.75, 3.05) is 11.8 Å². The third kappa shape index (κ3) is 4.76. The average Bonchev–Trinajstić information content (AvgIpc) is 1.68. The Hall–Kier alpha value is 0.610. The van der Waals surface area contributed by atoms with Gasteiger partial charge in [0.05, 0.1) is 0 Å². The maximum atomic E-state index is 5.57. The van der Waals surface area contributed by atoms with Gasteiger partial charge in [-0.3, -0.25) is 0 Å². The monoisotopic (exact) mass is 172 g/mol. The fourth-order valence-electron chi connectivity index (χ4n) is 0.276. The average molecular weight is 173 g/mol. The van der Waals surface area contributed by atoms with Gasteiger partial charge in [0, 0.05) is 16.8 Å². The SMILES string of the molecule is ClCC=C(Cl)CCCl. The highest BCUT2D eigenvalue weighted by Gasteiger charge is 1.86. The number of halogens is 3. The van der Waals surface area contributed by atoms with Gasteiger partial charge in [0.15, 0.2) is 0 Å². The molecule has 0 aromatic heterocycles. The first kappa shape index (κ1) is 8.61. The summed E-state index contributed by atoms with van der Waals surface area (Å²) in [5, 5.41) is 0.745.